The standard InChI is InChI=1S/C18H18ClNO4/c1-3-5-17(21)24-16-11-14(23-2)8-9-15(16)18(22)20-13-7-4-6-12(19)10-13/h4,6-11H,3,5H2,1-2H3,(H,20,22). The van der Waals surface area contributed by atoms with Gasteiger partial charge in [0.05, 0.1) is 12.7 Å². The number of carbonyl (C=O) groups is 2. The van der Waals surface area contributed by atoms with Gasteiger partial charge >= 0.3 is 5.97 Å². The van der Waals surface area contributed by atoms with Crippen molar-refractivity contribution in [2.24, 2.45) is 0 Å². The minimum Gasteiger partial charge on any atom is -0.497 e. The van der Waals surface area contributed by atoms with Crippen molar-refractivity contribution >= 4 is 29.2 Å². The molecule has 0 radical (unpaired) electrons. The van der Waals surface area contributed by atoms with Crippen LogP contribution in [-0.2, 0) is 4.79 Å². The molecular formula is C18H18ClNO4. The number of methoxy groups -OCH3 is 1. The third kappa shape index (κ3) is 4.73. The highest BCUT2D eigenvalue weighted by Crippen LogP contribution is 2.26. The predicted octanol–water partition coefficient (Wildman–Crippen LogP) is 4.31. The van der Waals surface area contributed by atoms with E-state index in [1.165, 1.54) is 13.2 Å². The van der Waals surface area contributed by atoms with Crippen LogP contribution in [0.3, 0.4) is 0 Å². The molecule has 0 aliphatic carbocycles. The Hall–Kier alpha value is -2.53. The zero-order valence-corrected chi connectivity index (χ0v) is 14.2. The molecule has 0 aromatic heterocycles. The van der Waals surface area contributed by atoms with Crippen LogP contribution >= 0.6 is 11.6 Å². The van der Waals surface area contributed by atoms with Crippen LogP contribution in [0.2, 0.25) is 5.02 Å². The van der Waals surface area contributed by atoms with Crippen LogP contribution in [0.15, 0.2) is 42.5 Å². The molecule has 0 unspecified atom stereocenters. The number of esters is 1. The topological polar surface area (TPSA) is 64.6 Å². The van der Waals surface area contributed by atoms with Gasteiger partial charge in [-0.1, -0.05) is 24.6 Å². The third-order valence-corrected chi connectivity index (χ3v) is 3.43. The second-order valence-corrected chi connectivity index (χ2v) is 5.49. The third-order valence-electron chi connectivity index (χ3n) is 3.19. The van der Waals surface area contributed by atoms with Crippen molar-refractivity contribution in [1.29, 1.82) is 0 Å². The summed E-state index contributed by atoms with van der Waals surface area (Å²) in [7, 11) is 1.50. The number of ether oxygens (including phenoxy) is 2. The Morgan fingerprint density at radius 3 is 2.62 bits per heavy atom. The van der Waals surface area contributed by atoms with Crippen molar-refractivity contribution in [1.82, 2.24) is 0 Å². The van der Waals surface area contributed by atoms with Crippen molar-refractivity contribution in [2.45, 2.75) is 19.8 Å². The van der Waals surface area contributed by atoms with Gasteiger partial charge in [-0.15, -0.1) is 0 Å². The molecule has 2 aromatic rings. The van der Waals surface area contributed by atoms with Gasteiger partial charge in [-0.05, 0) is 36.8 Å². The molecule has 0 atom stereocenters. The Balaban J connectivity index is 2.26. The lowest BCUT2D eigenvalue weighted by Gasteiger charge is -2.12. The van der Waals surface area contributed by atoms with Gasteiger partial charge in [-0.3, -0.25) is 9.59 Å². The van der Waals surface area contributed by atoms with E-state index in [1.54, 1.807) is 36.4 Å². The molecule has 2 rings (SSSR count). The molecular weight excluding hydrogens is 330 g/mol. The molecule has 1 N–H and O–H groups in total. The number of carbonyl (C=O) groups excluding carboxylic acids is 2. The minimum atomic E-state index is -0.404. The lowest BCUT2D eigenvalue weighted by Crippen LogP contribution is -2.16. The molecule has 5 nitrogen and oxygen atoms in total. The van der Waals surface area contributed by atoms with Gasteiger partial charge in [-0.2, -0.15) is 0 Å². The van der Waals surface area contributed by atoms with Crippen molar-refractivity contribution in [3.8, 4) is 11.5 Å². The molecule has 0 aliphatic rings. The van der Waals surface area contributed by atoms with Crippen LogP contribution in [0.5, 0.6) is 11.5 Å². The maximum Gasteiger partial charge on any atom is 0.311 e. The Morgan fingerprint density at radius 1 is 1.17 bits per heavy atom. The van der Waals surface area contributed by atoms with Crippen LogP contribution in [-0.4, -0.2) is 19.0 Å². The summed E-state index contributed by atoms with van der Waals surface area (Å²) in [5.74, 6) is -0.150. The molecule has 0 fully saturated rings. The van der Waals surface area contributed by atoms with Crippen LogP contribution in [0.1, 0.15) is 30.1 Å². The second kappa shape index (κ2) is 8.36. The SMILES string of the molecule is CCCC(=O)Oc1cc(OC)ccc1C(=O)Nc1cccc(Cl)c1. The lowest BCUT2D eigenvalue weighted by atomic mass is 10.1. The van der Waals surface area contributed by atoms with Crippen LogP contribution in [0.25, 0.3) is 0 Å². The minimum absolute atomic E-state index is 0.160. The monoisotopic (exact) mass is 347 g/mol. The number of hydrogen-bond acceptors (Lipinski definition) is 4. The molecule has 0 heterocycles. The van der Waals surface area contributed by atoms with E-state index in [2.05, 4.69) is 5.32 Å². The zero-order valence-electron chi connectivity index (χ0n) is 13.5. The maximum absolute atomic E-state index is 12.5. The van der Waals surface area contributed by atoms with Gasteiger partial charge in [0, 0.05) is 23.2 Å². The first-order valence-electron chi connectivity index (χ1n) is 7.49. The van der Waals surface area contributed by atoms with Gasteiger partial charge in [0.25, 0.3) is 5.91 Å². The van der Waals surface area contributed by atoms with Crippen molar-refractivity contribution in [2.75, 3.05) is 12.4 Å². The number of anilines is 1. The Kier molecular flexibility index (Phi) is 6.21. The zero-order chi connectivity index (χ0) is 17.5. The molecule has 0 saturated carbocycles. The summed E-state index contributed by atoms with van der Waals surface area (Å²) in [6.45, 7) is 1.87. The highest BCUT2D eigenvalue weighted by molar-refractivity contribution is 6.31. The number of halogens is 1. The first-order chi connectivity index (χ1) is 11.5. The van der Waals surface area contributed by atoms with Gasteiger partial charge in [-0.25, -0.2) is 0 Å². The normalized spacial score (nSPS) is 10.1. The molecule has 0 bridgehead atoms. The Morgan fingerprint density at radius 2 is 1.96 bits per heavy atom. The van der Waals surface area contributed by atoms with Crippen LogP contribution < -0.4 is 14.8 Å². The van der Waals surface area contributed by atoms with Gasteiger partial charge in [0.2, 0.25) is 0 Å². The van der Waals surface area contributed by atoms with E-state index in [1.807, 2.05) is 6.92 Å². The highest BCUT2D eigenvalue weighted by Gasteiger charge is 2.17. The number of nitrogens with one attached hydrogen (secondary N) is 1. The van der Waals surface area contributed by atoms with E-state index in [9.17, 15) is 9.59 Å². The quantitative estimate of drug-likeness (QED) is 0.624. The fraction of sp³-hybridized carbons (Fsp3) is 0.222. The molecule has 6 heteroatoms. The van der Waals surface area contributed by atoms with E-state index in [4.69, 9.17) is 21.1 Å². The van der Waals surface area contributed by atoms with E-state index in [0.717, 1.165) is 0 Å². The number of rotatable bonds is 6. The summed E-state index contributed by atoms with van der Waals surface area (Å²) < 4.78 is 10.4. The summed E-state index contributed by atoms with van der Waals surface area (Å²) in [4.78, 5) is 24.3. The van der Waals surface area contributed by atoms with Gasteiger partial charge in [0.15, 0.2) is 0 Å². The average Bonchev–Trinajstić information content (AvgIpc) is 2.54. The molecule has 24 heavy (non-hydrogen) atoms. The first-order valence-corrected chi connectivity index (χ1v) is 7.87. The van der Waals surface area contributed by atoms with Gasteiger partial charge in [0.1, 0.15) is 11.5 Å². The molecule has 126 valence electrons. The molecule has 2 aromatic carbocycles. The van der Waals surface area contributed by atoms with E-state index >= 15 is 0 Å². The maximum atomic E-state index is 12.5. The summed E-state index contributed by atoms with van der Waals surface area (Å²) >= 11 is 5.91. The Bertz CT molecular complexity index is 746. The second-order valence-electron chi connectivity index (χ2n) is 5.05. The summed E-state index contributed by atoms with van der Waals surface area (Å²) in [6.07, 6.45) is 0.930. The first kappa shape index (κ1) is 17.8. The summed E-state index contributed by atoms with van der Waals surface area (Å²) in [5, 5.41) is 3.24. The summed E-state index contributed by atoms with van der Waals surface area (Å²) in [6, 6.07) is 11.5. The van der Waals surface area contributed by atoms with Gasteiger partial charge < -0.3 is 14.8 Å². The fourth-order valence-electron chi connectivity index (χ4n) is 2.04. The molecule has 1 amide bonds. The van der Waals surface area contributed by atoms with Crippen LogP contribution in [0.4, 0.5) is 5.69 Å². The number of benzene rings is 2. The number of hydrogen-bond donors (Lipinski definition) is 1. The molecule has 0 saturated heterocycles. The molecule has 0 aliphatic heterocycles. The van der Waals surface area contributed by atoms with Crippen molar-refractivity contribution in [3.05, 3.63) is 53.1 Å². The van der Waals surface area contributed by atoms with Crippen LogP contribution in [0, 0.1) is 0 Å². The summed E-state index contributed by atoms with van der Waals surface area (Å²) in [5.41, 5.74) is 0.786. The molecule has 0 spiro atoms. The van der Waals surface area contributed by atoms with E-state index in [0.29, 0.717) is 22.9 Å². The lowest BCUT2D eigenvalue weighted by molar-refractivity contribution is -0.134. The largest absolute Gasteiger partial charge is 0.497 e. The average molecular weight is 348 g/mol. The van der Waals surface area contributed by atoms with Crippen molar-refractivity contribution < 1.29 is 19.1 Å². The highest BCUT2D eigenvalue weighted by atomic mass is 35.5. The fourth-order valence-corrected chi connectivity index (χ4v) is 2.23. The smallest absolute Gasteiger partial charge is 0.311 e. The Labute approximate surface area is 145 Å². The van der Waals surface area contributed by atoms with Crippen molar-refractivity contribution in [3.63, 3.8) is 0 Å². The number of amides is 1. The predicted molar refractivity (Wildman–Crippen MR) is 92.9 cm³/mol. The van der Waals surface area contributed by atoms with E-state index in [-0.39, 0.29) is 17.7 Å². The van der Waals surface area contributed by atoms with E-state index < -0.39 is 11.9 Å².